The zero-order chi connectivity index (χ0) is 20.9. The number of sulfonamides is 1. The smallest absolute Gasteiger partial charge is 0.264 e. The molecule has 0 heterocycles. The van der Waals surface area contributed by atoms with Gasteiger partial charge in [0, 0.05) is 15.8 Å². The van der Waals surface area contributed by atoms with E-state index in [2.05, 4.69) is 10.5 Å². The molecule has 0 radical (unpaired) electrons. The summed E-state index contributed by atoms with van der Waals surface area (Å²) in [6, 6.07) is 12.1. The topological polar surface area (TPSA) is 78.8 Å². The van der Waals surface area contributed by atoms with Crippen molar-refractivity contribution in [3.05, 3.63) is 58.6 Å². The summed E-state index contributed by atoms with van der Waals surface area (Å²) in [5.74, 6) is -0.527. The molecule has 0 aromatic heterocycles. The number of carbonyl (C=O) groups excluding carboxylic acids is 1. The first kappa shape index (κ1) is 21.6. The second-order valence-corrected chi connectivity index (χ2v) is 9.45. The van der Waals surface area contributed by atoms with Crippen LogP contribution in [-0.4, -0.2) is 26.6 Å². The minimum absolute atomic E-state index is 0.0215. The van der Waals surface area contributed by atoms with Crippen LogP contribution in [0.25, 0.3) is 0 Å². The molecule has 1 fully saturated rings. The standard InChI is InChI=1S/C20H21Cl2N3O3S/c21-15-9-11-19(12-10-15)29(27,28)25(18-8-4-5-16(22)13-18)14-20(26)24-23-17-6-2-1-3-7-17/h4-5,8-13H,1-3,6-7,14H2,(H,24,26). The molecule has 1 aliphatic carbocycles. The summed E-state index contributed by atoms with van der Waals surface area (Å²) >= 11 is 11.9. The summed E-state index contributed by atoms with van der Waals surface area (Å²) in [4.78, 5) is 12.5. The van der Waals surface area contributed by atoms with Crippen molar-refractivity contribution < 1.29 is 13.2 Å². The Labute approximate surface area is 180 Å². The molecule has 0 atom stereocenters. The van der Waals surface area contributed by atoms with Crippen LogP contribution in [0.2, 0.25) is 10.0 Å². The molecule has 0 aliphatic heterocycles. The third-order valence-electron chi connectivity index (χ3n) is 4.55. The number of halogens is 2. The second-order valence-electron chi connectivity index (χ2n) is 6.72. The minimum Gasteiger partial charge on any atom is -0.271 e. The van der Waals surface area contributed by atoms with Gasteiger partial charge in [0.2, 0.25) is 0 Å². The molecule has 29 heavy (non-hydrogen) atoms. The number of hydrazone groups is 1. The highest BCUT2D eigenvalue weighted by atomic mass is 35.5. The first-order chi connectivity index (χ1) is 13.9. The van der Waals surface area contributed by atoms with Crippen molar-refractivity contribution in [2.75, 3.05) is 10.8 Å². The van der Waals surface area contributed by atoms with Gasteiger partial charge in [-0.2, -0.15) is 5.10 Å². The summed E-state index contributed by atoms with van der Waals surface area (Å²) in [6.45, 7) is -0.428. The molecule has 3 rings (SSSR count). The number of carbonyl (C=O) groups is 1. The van der Waals surface area contributed by atoms with E-state index in [4.69, 9.17) is 23.2 Å². The molecule has 2 aromatic rings. The van der Waals surface area contributed by atoms with Crippen LogP contribution in [0.5, 0.6) is 0 Å². The highest BCUT2D eigenvalue weighted by Crippen LogP contribution is 2.26. The molecule has 1 N–H and O–H groups in total. The van der Waals surface area contributed by atoms with Gasteiger partial charge in [-0.1, -0.05) is 35.7 Å². The molecular weight excluding hydrogens is 433 g/mol. The third-order valence-corrected chi connectivity index (χ3v) is 6.83. The molecule has 6 nitrogen and oxygen atoms in total. The van der Waals surface area contributed by atoms with Gasteiger partial charge < -0.3 is 0 Å². The largest absolute Gasteiger partial charge is 0.271 e. The van der Waals surface area contributed by atoms with E-state index in [0.29, 0.717) is 10.0 Å². The Morgan fingerprint density at radius 3 is 2.34 bits per heavy atom. The zero-order valence-corrected chi connectivity index (χ0v) is 18.0. The van der Waals surface area contributed by atoms with Crippen LogP contribution < -0.4 is 9.73 Å². The van der Waals surface area contributed by atoms with Gasteiger partial charge in [0.05, 0.1) is 10.6 Å². The number of rotatable bonds is 6. The normalized spacial score (nSPS) is 14.3. The second kappa shape index (κ2) is 9.61. The molecule has 0 unspecified atom stereocenters. The maximum Gasteiger partial charge on any atom is 0.264 e. The fourth-order valence-electron chi connectivity index (χ4n) is 3.06. The highest BCUT2D eigenvalue weighted by molar-refractivity contribution is 7.92. The molecule has 0 spiro atoms. The molecular formula is C20H21Cl2N3O3S. The van der Waals surface area contributed by atoms with Gasteiger partial charge in [0.15, 0.2) is 0 Å². The lowest BCUT2D eigenvalue weighted by atomic mass is 9.99. The monoisotopic (exact) mass is 453 g/mol. The van der Waals surface area contributed by atoms with Gasteiger partial charge in [-0.05, 0) is 68.1 Å². The van der Waals surface area contributed by atoms with E-state index in [1.807, 2.05) is 0 Å². The van der Waals surface area contributed by atoms with E-state index in [1.54, 1.807) is 18.2 Å². The fourth-order valence-corrected chi connectivity index (χ4v) is 4.78. The summed E-state index contributed by atoms with van der Waals surface area (Å²) < 4.78 is 27.5. The lowest BCUT2D eigenvalue weighted by Crippen LogP contribution is -2.39. The fraction of sp³-hybridized carbons (Fsp3) is 0.300. The Morgan fingerprint density at radius 2 is 1.69 bits per heavy atom. The Kier molecular flexibility index (Phi) is 7.16. The van der Waals surface area contributed by atoms with Crippen LogP contribution in [0.3, 0.4) is 0 Å². The average molecular weight is 454 g/mol. The van der Waals surface area contributed by atoms with E-state index >= 15 is 0 Å². The summed E-state index contributed by atoms with van der Waals surface area (Å²) in [5.41, 5.74) is 3.70. The van der Waals surface area contributed by atoms with Gasteiger partial charge in [0.25, 0.3) is 15.9 Å². The lowest BCUT2D eigenvalue weighted by Gasteiger charge is -2.24. The van der Waals surface area contributed by atoms with E-state index < -0.39 is 22.5 Å². The molecule has 1 saturated carbocycles. The minimum atomic E-state index is -4.02. The van der Waals surface area contributed by atoms with E-state index in [0.717, 1.165) is 42.1 Å². The number of anilines is 1. The highest BCUT2D eigenvalue weighted by Gasteiger charge is 2.27. The third kappa shape index (κ3) is 5.72. The summed E-state index contributed by atoms with van der Waals surface area (Å²) in [7, 11) is -4.02. The van der Waals surface area contributed by atoms with Gasteiger partial charge in [-0.15, -0.1) is 0 Å². The van der Waals surface area contributed by atoms with Crippen LogP contribution >= 0.6 is 23.2 Å². The van der Waals surface area contributed by atoms with Crippen LogP contribution in [0.4, 0.5) is 5.69 Å². The van der Waals surface area contributed by atoms with Crippen molar-refractivity contribution in [2.45, 2.75) is 37.0 Å². The van der Waals surface area contributed by atoms with Crippen LogP contribution in [-0.2, 0) is 14.8 Å². The summed E-state index contributed by atoms with van der Waals surface area (Å²) in [5, 5.41) is 4.94. The number of nitrogens with zero attached hydrogens (tertiary/aromatic N) is 2. The van der Waals surface area contributed by atoms with E-state index in [1.165, 1.54) is 30.3 Å². The number of hydrogen-bond donors (Lipinski definition) is 1. The van der Waals surface area contributed by atoms with Gasteiger partial charge in [0.1, 0.15) is 6.54 Å². The molecule has 154 valence electrons. The van der Waals surface area contributed by atoms with Crippen LogP contribution in [0.15, 0.2) is 58.5 Å². The first-order valence-electron chi connectivity index (χ1n) is 9.24. The first-order valence-corrected chi connectivity index (χ1v) is 11.4. The SMILES string of the molecule is O=C(CN(c1cccc(Cl)c1)S(=O)(=O)c1ccc(Cl)cc1)NN=C1CCCCC1. The van der Waals surface area contributed by atoms with Crippen molar-refractivity contribution in [1.29, 1.82) is 0 Å². The van der Waals surface area contributed by atoms with Gasteiger partial charge in [-0.25, -0.2) is 13.8 Å². The number of amides is 1. The molecule has 0 saturated heterocycles. The number of hydrogen-bond acceptors (Lipinski definition) is 4. The molecule has 9 heteroatoms. The van der Waals surface area contributed by atoms with Crippen molar-refractivity contribution in [1.82, 2.24) is 5.43 Å². The summed E-state index contributed by atoms with van der Waals surface area (Å²) in [6.07, 6.45) is 4.96. The van der Waals surface area contributed by atoms with Crippen molar-refractivity contribution >= 4 is 50.5 Å². The Morgan fingerprint density at radius 1 is 1.00 bits per heavy atom. The van der Waals surface area contributed by atoms with E-state index in [9.17, 15) is 13.2 Å². The molecule has 1 amide bonds. The van der Waals surface area contributed by atoms with E-state index in [-0.39, 0.29) is 10.6 Å². The number of benzene rings is 2. The zero-order valence-electron chi connectivity index (χ0n) is 15.6. The quantitative estimate of drug-likeness (QED) is 0.647. The number of nitrogens with one attached hydrogen (secondary N) is 1. The molecule has 1 aliphatic rings. The van der Waals surface area contributed by atoms with Crippen molar-refractivity contribution in [3.63, 3.8) is 0 Å². The maximum atomic E-state index is 13.2. The lowest BCUT2D eigenvalue weighted by molar-refractivity contribution is -0.119. The Balaban J connectivity index is 1.87. The predicted molar refractivity (Wildman–Crippen MR) is 116 cm³/mol. The van der Waals surface area contributed by atoms with Crippen molar-refractivity contribution in [3.8, 4) is 0 Å². The predicted octanol–water partition coefficient (Wildman–Crippen LogP) is 4.63. The average Bonchev–Trinajstić information content (AvgIpc) is 2.71. The molecule has 2 aromatic carbocycles. The van der Waals surface area contributed by atoms with Crippen molar-refractivity contribution in [2.24, 2.45) is 5.10 Å². The van der Waals surface area contributed by atoms with Crippen LogP contribution in [0.1, 0.15) is 32.1 Å². The molecule has 0 bridgehead atoms. The van der Waals surface area contributed by atoms with Gasteiger partial charge >= 0.3 is 0 Å². The Bertz CT molecular complexity index is 1000. The van der Waals surface area contributed by atoms with Crippen LogP contribution in [0, 0.1) is 0 Å². The maximum absolute atomic E-state index is 13.2. The Hall–Kier alpha value is -2.09. The van der Waals surface area contributed by atoms with Gasteiger partial charge in [-0.3, -0.25) is 9.10 Å².